The minimum Gasteiger partial charge on any atom is -0.353 e. The van der Waals surface area contributed by atoms with Gasteiger partial charge in [-0.05, 0) is 37.8 Å². The van der Waals surface area contributed by atoms with Gasteiger partial charge in [0.25, 0.3) is 5.56 Å². The number of hydrogen-bond donors (Lipinski definition) is 1. The third-order valence-electron chi connectivity index (χ3n) is 6.17. The minimum absolute atomic E-state index is 0.00271. The molecule has 0 spiro atoms. The highest BCUT2D eigenvalue weighted by Crippen LogP contribution is 2.31. The van der Waals surface area contributed by atoms with Gasteiger partial charge in [0, 0.05) is 12.1 Å². The number of aromatic nitrogens is 4. The number of carbonyl (C=O) groups is 1. The summed E-state index contributed by atoms with van der Waals surface area (Å²) in [7, 11) is 0. The average Bonchev–Trinajstić information content (AvgIpc) is 3.49. The molecule has 8 heteroatoms. The first kappa shape index (κ1) is 18.7. The lowest BCUT2D eigenvalue weighted by molar-refractivity contribution is -0.119. The zero-order valence-electron chi connectivity index (χ0n) is 16.3. The van der Waals surface area contributed by atoms with Crippen LogP contribution >= 0.6 is 11.8 Å². The Morgan fingerprint density at radius 1 is 1.07 bits per heavy atom. The number of benzene rings is 1. The van der Waals surface area contributed by atoms with Crippen LogP contribution in [0.2, 0.25) is 0 Å². The van der Waals surface area contributed by atoms with Crippen LogP contribution in [0.1, 0.15) is 57.4 Å². The number of fused-ring (bicyclic) bond motifs is 3. The summed E-state index contributed by atoms with van der Waals surface area (Å²) in [4.78, 5) is 25.6. The molecule has 152 valence electrons. The average molecular weight is 412 g/mol. The van der Waals surface area contributed by atoms with E-state index in [-0.39, 0.29) is 17.5 Å². The molecular weight excluding hydrogens is 386 g/mol. The van der Waals surface area contributed by atoms with Gasteiger partial charge in [0.05, 0.1) is 16.7 Å². The molecule has 2 aromatic heterocycles. The quantitative estimate of drug-likeness (QED) is 0.652. The van der Waals surface area contributed by atoms with E-state index in [1.54, 1.807) is 0 Å². The second kappa shape index (κ2) is 7.82. The van der Waals surface area contributed by atoms with Crippen molar-refractivity contribution < 1.29 is 4.79 Å². The summed E-state index contributed by atoms with van der Waals surface area (Å²) in [5.74, 6) is 0.917. The standard InChI is InChI=1S/C21H25N5O2S/c27-18(22-14-7-1-2-8-14)13-29-21-24-23-20-25(15-9-3-4-10-15)19(28)16-11-5-6-12-17(16)26(20)21/h5-6,11-12,14-15H,1-4,7-10,13H2,(H,22,27). The van der Waals surface area contributed by atoms with E-state index >= 15 is 0 Å². The summed E-state index contributed by atoms with van der Waals surface area (Å²) >= 11 is 1.38. The van der Waals surface area contributed by atoms with E-state index in [1.165, 1.54) is 24.6 Å². The van der Waals surface area contributed by atoms with Crippen LogP contribution in [0.4, 0.5) is 0 Å². The first-order valence-electron chi connectivity index (χ1n) is 10.5. The molecule has 1 aromatic carbocycles. The maximum absolute atomic E-state index is 13.2. The van der Waals surface area contributed by atoms with E-state index in [0.29, 0.717) is 28.1 Å². The highest BCUT2D eigenvalue weighted by Gasteiger charge is 2.25. The smallest absolute Gasteiger partial charge is 0.263 e. The third kappa shape index (κ3) is 3.43. The van der Waals surface area contributed by atoms with Crippen LogP contribution in [0.15, 0.2) is 34.2 Å². The highest BCUT2D eigenvalue weighted by atomic mass is 32.2. The first-order chi connectivity index (χ1) is 14.2. The molecule has 2 fully saturated rings. The molecule has 29 heavy (non-hydrogen) atoms. The lowest BCUT2D eigenvalue weighted by Gasteiger charge is -2.16. The lowest BCUT2D eigenvalue weighted by Crippen LogP contribution is -2.33. The molecule has 2 saturated carbocycles. The number of thioether (sulfide) groups is 1. The summed E-state index contributed by atoms with van der Waals surface area (Å²) in [5.41, 5.74) is 0.799. The second-order valence-electron chi connectivity index (χ2n) is 8.09. The van der Waals surface area contributed by atoms with Gasteiger partial charge in [-0.25, -0.2) is 0 Å². The van der Waals surface area contributed by atoms with Gasteiger partial charge >= 0.3 is 0 Å². The van der Waals surface area contributed by atoms with E-state index < -0.39 is 0 Å². The fraction of sp³-hybridized carbons (Fsp3) is 0.524. The SMILES string of the molecule is O=C(CSc1nnc2n(C3CCCC3)c(=O)c3ccccc3n12)NC1CCCC1. The molecule has 2 heterocycles. The normalized spacial score (nSPS) is 18.2. The Hall–Kier alpha value is -2.35. The second-order valence-corrected chi connectivity index (χ2v) is 9.03. The van der Waals surface area contributed by atoms with Gasteiger partial charge in [-0.3, -0.25) is 18.6 Å². The van der Waals surface area contributed by atoms with Crippen molar-refractivity contribution in [1.82, 2.24) is 24.5 Å². The van der Waals surface area contributed by atoms with Gasteiger partial charge in [0.15, 0.2) is 5.16 Å². The van der Waals surface area contributed by atoms with Crippen LogP contribution in [0.25, 0.3) is 16.7 Å². The lowest BCUT2D eigenvalue weighted by atomic mass is 10.2. The molecule has 1 amide bonds. The van der Waals surface area contributed by atoms with E-state index in [4.69, 9.17) is 0 Å². The molecule has 3 aromatic rings. The summed E-state index contributed by atoms with van der Waals surface area (Å²) in [6.07, 6.45) is 8.78. The zero-order valence-corrected chi connectivity index (χ0v) is 17.2. The van der Waals surface area contributed by atoms with Crippen LogP contribution in [0, 0.1) is 0 Å². The Labute approximate surface area is 172 Å². The number of carbonyl (C=O) groups excluding carboxylic acids is 1. The van der Waals surface area contributed by atoms with Crippen LogP contribution < -0.4 is 10.9 Å². The van der Waals surface area contributed by atoms with Gasteiger partial charge in [-0.2, -0.15) is 0 Å². The van der Waals surface area contributed by atoms with E-state index in [9.17, 15) is 9.59 Å². The Bertz CT molecular complexity index is 1110. The number of amides is 1. The highest BCUT2D eigenvalue weighted by molar-refractivity contribution is 7.99. The fourth-order valence-electron chi connectivity index (χ4n) is 4.75. The van der Waals surface area contributed by atoms with Gasteiger partial charge in [-0.15, -0.1) is 10.2 Å². The number of nitrogens with zero attached hydrogens (tertiary/aromatic N) is 4. The van der Waals surface area contributed by atoms with Crippen LogP contribution in [0.3, 0.4) is 0 Å². The molecule has 2 aliphatic carbocycles. The van der Waals surface area contributed by atoms with Crippen LogP contribution in [0.5, 0.6) is 0 Å². The van der Waals surface area contributed by atoms with Crippen molar-refractivity contribution >= 4 is 34.3 Å². The Morgan fingerprint density at radius 3 is 2.59 bits per heavy atom. The topological polar surface area (TPSA) is 81.3 Å². The Kier molecular flexibility index (Phi) is 5.03. The van der Waals surface area contributed by atoms with Crippen molar-refractivity contribution in [2.24, 2.45) is 0 Å². The van der Waals surface area contributed by atoms with E-state index in [2.05, 4.69) is 15.5 Å². The molecule has 7 nitrogen and oxygen atoms in total. The third-order valence-corrected chi connectivity index (χ3v) is 7.10. The molecule has 0 aliphatic heterocycles. The van der Waals surface area contributed by atoms with Gasteiger partial charge in [0.2, 0.25) is 11.7 Å². The van der Waals surface area contributed by atoms with Crippen molar-refractivity contribution in [1.29, 1.82) is 0 Å². The summed E-state index contributed by atoms with van der Waals surface area (Å²) in [6, 6.07) is 8.08. The molecule has 0 unspecified atom stereocenters. The summed E-state index contributed by atoms with van der Waals surface area (Å²) in [6.45, 7) is 0. The number of para-hydroxylation sites is 1. The Morgan fingerprint density at radius 2 is 1.79 bits per heavy atom. The molecular formula is C21H25N5O2S. The number of rotatable bonds is 5. The monoisotopic (exact) mass is 411 g/mol. The molecule has 1 N–H and O–H groups in total. The minimum atomic E-state index is 0.00271. The Balaban J connectivity index is 1.51. The molecule has 2 aliphatic rings. The van der Waals surface area contributed by atoms with E-state index in [1.807, 2.05) is 33.2 Å². The van der Waals surface area contributed by atoms with Crippen molar-refractivity contribution in [2.45, 2.75) is 68.6 Å². The van der Waals surface area contributed by atoms with E-state index in [0.717, 1.165) is 44.0 Å². The largest absolute Gasteiger partial charge is 0.353 e. The number of nitrogens with one attached hydrogen (secondary N) is 1. The predicted octanol–water partition coefficient (Wildman–Crippen LogP) is 3.31. The van der Waals surface area contributed by atoms with Crippen molar-refractivity contribution in [3.8, 4) is 0 Å². The predicted molar refractivity (Wildman–Crippen MR) is 113 cm³/mol. The molecule has 0 bridgehead atoms. The van der Waals surface area contributed by atoms with Crippen molar-refractivity contribution in [3.05, 3.63) is 34.6 Å². The van der Waals surface area contributed by atoms with Crippen molar-refractivity contribution in [3.63, 3.8) is 0 Å². The molecule has 0 radical (unpaired) electrons. The first-order valence-corrected chi connectivity index (χ1v) is 11.5. The fourth-order valence-corrected chi connectivity index (χ4v) is 5.51. The summed E-state index contributed by atoms with van der Waals surface area (Å²) in [5, 5.41) is 13.2. The van der Waals surface area contributed by atoms with Gasteiger partial charge in [0.1, 0.15) is 0 Å². The van der Waals surface area contributed by atoms with Crippen LogP contribution in [-0.2, 0) is 4.79 Å². The molecule has 0 atom stereocenters. The maximum Gasteiger partial charge on any atom is 0.263 e. The zero-order chi connectivity index (χ0) is 19.8. The van der Waals surface area contributed by atoms with Gasteiger partial charge < -0.3 is 5.32 Å². The summed E-state index contributed by atoms with van der Waals surface area (Å²) < 4.78 is 3.77. The van der Waals surface area contributed by atoms with Gasteiger partial charge in [-0.1, -0.05) is 49.6 Å². The molecule has 0 saturated heterocycles. The van der Waals surface area contributed by atoms with Crippen molar-refractivity contribution in [2.75, 3.05) is 5.75 Å². The van der Waals surface area contributed by atoms with Crippen LogP contribution in [-0.4, -0.2) is 36.9 Å². The molecule has 5 rings (SSSR count). The number of hydrogen-bond acceptors (Lipinski definition) is 5. The maximum atomic E-state index is 13.2.